The summed E-state index contributed by atoms with van der Waals surface area (Å²) in [4.78, 5) is 32.2. The first-order valence-electron chi connectivity index (χ1n) is 9.52. The normalized spacial score (nSPS) is 11.8. The number of H-pyrrole nitrogens is 1. The summed E-state index contributed by atoms with van der Waals surface area (Å²) >= 11 is 0. The molecule has 0 radical (unpaired) electrons. The van der Waals surface area contributed by atoms with Crippen molar-refractivity contribution >= 4 is 28.5 Å². The van der Waals surface area contributed by atoms with Gasteiger partial charge in [0, 0.05) is 29.9 Å². The van der Waals surface area contributed by atoms with Crippen molar-refractivity contribution in [3.8, 4) is 0 Å². The summed E-state index contributed by atoms with van der Waals surface area (Å²) in [5.41, 5.74) is 9.56. The van der Waals surface area contributed by atoms with Crippen LogP contribution in [0.25, 0.3) is 11.0 Å². The summed E-state index contributed by atoms with van der Waals surface area (Å²) in [6.45, 7) is 0.410. The van der Waals surface area contributed by atoms with Crippen molar-refractivity contribution in [3.63, 3.8) is 0 Å². The van der Waals surface area contributed by atoms with Gasteiger partial charge in [-0.3, -0.25) is 9.59 Å². The molecular formula is C23H21N5O2. The molecule has 1 atom stereocenters. The fraction of sp³-hybridized carbons (Fsp3) is 0.0870. The van der Waals surface area contributed by atoms with Gasteiger partial charge >= 0.3 is 0 Å². The van der Waals surface area contributed by atoms with Crippen molar-refractivity contribution in [3.05, 3.63) is 95.8 Å². The summed E-state index contributed by atoms with van der Waals surface area (Å²) in [6.07, 6.45) is 3.40. The van der Waals surface area contributed by atoms with Crippen LogP contribution >= 0.6 is 0 Å². The van der Waals surface area contributed by atoms with Gasteiger partial charge < -0.3 is 21.4 Å². The van der Waals surface area contributed by atoms with Gasteiger partial charge in [-0.15, -0.1) is 0 Å². The molecule has 2 aromatic heterocycles. The molecule has 0 saturated carbocycles. The van der Waals surface area contributed by atoms with E-state index in [2.05, 4.69) is 20.6 Å². The van der Waals surface area contributed by atoms with Crippen molar-refractivity contribution in [2.45, 2.75) is 12.6 Å². The largest absolute Gasteiger partial charge is 0.350 e. The smallest absolute Gasteiger partial charge is 0.255 e. The van der Waals surface area contributed by atoms with Gasteiger partial charge in [0.1, 0.15) is 11.7 Å². The summed E-state index contributed by atoms with van der Waals surface area (Å²) in [5.74, 6) is -0.528. The first kappa shape index (κ1) is 19.4. The van der Waals surface area contributed by atoms with Gasteiger partial charge in [-0.2, -0.15) is 0 Å². The van der Waals surface area contributed by atoms with Crippen molar-refractivity contribution in [2.75, 3.05) is 5.32 Å². The second-order valence-electron chi connectivity index (χ2n) is 6.86. The molecule has 0 aliphatic carbocycles. The van der Waals surface area contributed by atoms with E-state index in [-0.39, 0.29) is 11.8 Å². The van der Waals surface area contributed by atoms with Crippen molar-refractivity contribution < 1.29 is 9.59 Å². The molecule has 0 aliphatic rings. The highest BCUT2D eigenvalue weighted by Gasteiger charge is 2.16. The van der Waals surface area contributed by atoms with E-state index in [0.717, 1.165) is 10.9 Å². The zero-order valence-corrected chi connectivity index (χ0v) is 16.1. The highest BCUT2D eigenvalue weighted by atomic mass is 16.2. The SMILES string of the molecule is NC(C(=O)NCc1ccccc1)c1ccc(C(=O)Nc2ccnc3[nH]ccc23)cc1. The number of nitrogens with two attached hydrogens (primary N) is 1. The molecule has 2 aromatic carbocycles. The molecule has 0 bridgehead atoms. The Morgan fingerprint density at radius 2 is 1.77 bits per heavy atom. The number of pyridine rings is 1. The van der Waals surface area contributed by atoms with E-state index in [9.17, 15) is 9.59 Å². The molecule has 2 amide bonds. The predicted molar refractivity (Wildman–Crippen MR) is 116 cm³/mol. The van der Waals surface area contributed by atoms with Crippen LogP contribution in [0.1, 0.15) is 27.5 Å². The summed E-state index contributed by atoms with van der Waals surface area (Å²) in [6, 6.07) is 19.1. The fourth-order valence-electron chi connectivity index (χ4n) is 3.15. The zero-order valence-electron chi connectivity index (χ0n) is 16.1. The number of benzene rings is 2. The number of nitrogens with one attached hydrogen (secondary N) is 3. The lowest BCUT2D eigenvalue weighted by molar-refractivity contribution is -0.122. The van der Waals surface area contributed by atoms with Crippen LogP contribution in [-0.4, -0.2) is 21.8 Å². The number of hydrogen-bond donors (Lipinski definition) is 4. The number of amides is 2. The molecule has 0 fully saturated rings. The molecule has 0 saturated heterocycles. The Kier molecular flexibility index (Phi) is 5.54. The number of carbonyl (C=O) groups is 2. The van der Waals surface area contributed by atoms with E-state index in [1.165, 1.54) is 0 Å². The maximum absolute atomic E-state index is 12.6. The number of fused-ring (bicyclic) bond motifs is 1. The Morgan fingerprint density at radius 3 is 2.53 bits per heavy atom. The van der Waals surface area contributed by atoms with Gasteiger partial charge in [-0.25, -0.2) is 4.98 Å². The molecule has 0 aliphatic heterocycles. The molecule has 7 nitrogen and oxygen atoms in total. The van der Waals surface area contributed by atoms with E-state index in [1.807, 2.05) is 36.4 Å². The van der Waals surface area contributed by atoms with Crippen LogP contribution in [0.3, 0.4) is 0 Å². The molecule has 150 valence electrons. The van der Waals surface area contributed by atoms with Crippen molar-refractivity contribution in [2.24, 2.45) is 5.73 Å². The van der Waals surface area contributed by atoms with Crippen LogP contribution < -0.4 is 16.4 Å². The lowest BCUT2D eigenvalue weighted by Gasteiger charge is -2.13. The molecule has 4 rings (SSSR count). The van der Waals surface area contributed by atoms with E-state index in [0.29, 0.717) is 29.0 Å². The number of nitrogens with zero attached hydrogens (tertiary/aromatic N) is 1. The lowest BCUT2D eigenvalue weighted by Crippen LogP contribution is -2.33. The third-order valence-electron chi connectivity index (χ3n) is 4.83. The number of anilines is 1. The monoisotopic (exact) mass is 399 g/mol. The Morgan fingerprint density at radius 1 is 1.00 bits per heavy atom. The minimum Gasteiger partial charge on any atom is -0.350 e. The maximum atomic E-state index is 12.6. The average Bonchev–Trinajstić information content (AvgIpc) is 3.28. The predicted octanol–water partition coefficient (Wildman–Crippen LogP) is 3.13. The summed E-state index contributed by atoms with van der Waals surface area (Å²) < 4.78 is 0. The Labute approximate surface area is 173 Å². The van der Waals surface area contributed by atoms with E-state index >= 15 is 0 Å². The first-order valence-corrected chi connectivity index (χ1v) is 9.52. The second kappa shape index (κ2) is 8.59. The van der Waals surface area contributed by atoms with Crippen LogP contribution in [-0.2, 0) is 11.3 Å². The Balaban J connectivity index is 1.39. The van der Waals surface area contributed by atoms with Crippen LogP contribution in [0.15, 0.2) is 79.1 Å². The van der Waals surface area contributed by atoms with Crippen LogP contribution in [0, 0.1) is 0 Å². The standard InChI is InChI=1S/C23H21N5O2/c24-20(23(30)27-14-15-4-2-1-3-5-15)16-6-8-17(9-7-16)22(29)28-19-11-13-26-21-18(19)10-12-25-21/h1-13,20H,14,24H2,(H,27,30)(H2,25,26,28,29). The Hall–Kier alpha value is -3.97. The van der Waals surface area contributed by atoms with Gasteiger partial charge in [-0.1, -0.05) is 42.5 Å². The number of aromatic nitrogens is 2. The summed E-state index contributed by atoms with van der Waals surface area (Å²) in [7, 11) is 0. The third-order valence-corrected chi connectivity index (χ3v) is 4.83. The second-order valence-corrected chi connectivity index (χ2v) is 6.86. The van der Waals surface area contributed by atoms with Crippen molar-refractivity contribution in [1.29, 1.82) is 0 Å². The Bertz CT molecular complexity index is 1170. The zero-order chi connectivity index (χ0) is 20.9. The molecule has 7 heteroatoms. The third kappa shape index (κ3) is 4.21. The van der Waals surface area contributed by atoms with E-state index in [4.69, 9.17) is 5.73 Å². The summed E-state index contributed by atoms with van der Waals surface area (Å²) in [5, 5.41) is 6.55. The number of aromatic amines is 1. The lowest BCUT2D eigenvalue weighted by atomic mass is 10.0. The number of hydrogen-bond acceptors (Lipinski definition) is 4. The molecule has 5 N–H and O–H groups in total. The molecule has 4 aromatic rings. The molecule has 1 unspecified atom stereocenters. The highest BCUT2D eigenvalue weighted by molar-refractivity contribution is 6.08. The molecule has 30 heavy (non-hydrogen) atoms. The van der Waals surface area contributed by atoms with E-state index in [1.54, 1.807) is 42.7 Å². The quantitative estimate of drug-likeness (QED) is 0.399. The van der Waals surface area contributed by atoms with Gasteiger partial charge in [0.05, 0.1) is 5.69 Å². The van der Waals surface area contributed by atoms with Crippen LogP contribution in [0.4, 0.5) is 5.69 Å². The molecular weight excluding hydrogens is 378 g/mol. The first-order chi connectivity index (χ1) is 14.6. The van der Waals surface area contributed by atoms with E-state index < -0.39 is 6.04 Å². The van der Waals surface area contributed by atoms with Gasteiger partial charge in [0.15, 0.2) is 0 Å². The number of carbonyl (C=O) groups excluding carboxylic acids is 2. The topological polar surface area (TPSA) is 113 Å². The molecule has 2 heterocycles. The van der Waals surface area contributed by atoms with Gasteiger partial charge in [0.25, 0.3) is 5.91 Å². The van der Waals surface area contributed by atoms with Crippen LogP contribution in [0.2, 0.25) is 0 Å². The fourth-order valence-corrected chi connectivity index (χ4v) is 3.15. The molecule has 0 spiro atoms. The number of rotatable bonds is 6. The maximum Gasteiger partial charge on any atom is 0.255 e. The minimum atomic E-state index is -0.814. The van der Waals surface area contributed by atoms with Gasteiger partial charge in [0.2, 0.25) is 5.91 Å². The van der Waals surface area contributed by atoms with Crippen LogP contribution in [0.5, 0.6) is 0 Å². The highest BCUT2D eigenvalue weighted by Crippen LogP contribution is 2.21. The average molecular weight is 399 g/mol. The minimum absolute atomic E-state index is 0.252. The van der Waals surface area contributed by atoms with Crippen molar-refractivity contribution in [1.82, 2.24) is 15.3 Å². The van der Waals surface area contributed by atoms with Gasteiger partial charge in [-0.05, 0) is 35.4 Å².